The number of rotatable bonds is 5. The number of hydrogen-bond acceptors (Lipinski definition) is 4. The van der Waals surface area contributed by atoms with Crippen molar-refractivity contribution in [2.45, 2.75) is 44.2 Å². The Labute approximate surface area is 182 Å². The predicted octanol–water partition coefficient (Wildman–Crippen LogP) is 5.23. The van der Waals surface area contributed by atoms with Crippen LogP contribution in [-0.2, 0) is 12.4 Å². The van der Waals surface area contributed by atoms with Crippen LogP contribution in [0.15, 0.2) is 48.7 Å². The van der Waals surface area contributed by atoms with Gasteiger partial charge in [-0.1, -0.05) is 27.7 Å². The van der Waals surface area contributed by atoms with Crippen LogP contribution in [0.4, 0.5) is 14.6 Å². The summed E-state index contributed by atoms with van der Waals surface area (Å²) in [5.74, 6) is 0.507. The molecule has 0 radical (unpaired) electrons. The lowest BCUT2D eigenvalue weighted by Crippen LogP contribution is -2.37. The number of carbonyl (C=O) groups excluding carboxylic acids is 1. The summed E-state index contributed by atoms with van der Waals surface area (Å²) < 4.78 is 29.0. The average Bonchev–Trinajstić information content (AvgIpc) is 3.19. The number of alkyl halides is 2. The number of hydrogen-bond donors (Lipinski definition) is 1. The molecule has 1 aromatic carbocycles. The third-order valence-electron chi connectivity index (χ3n) is 5.39. The maximum Gasteiger partial charge on any atom is 0.433 e. The molecule has 0 atom stereocenters. The Hall–Kier alpha value is -2.45. The molecule has 1 N–H and O–H groups in total. The average molecular weight is 450 g/mol. The SMILES string of the molecule is O=C(c1cccc(Cl)c1)[N+](=S)[C@H]1CC[C@@H](Nc2cccc3nc(C(F)F)cn23)CC1. The fraction of sp³-hybridized carbons (Fsp3) is 0.333. The number of nitrogens with one attached hydrogen (secondary N) is 1. The Morgan fingerprint density at radius 3 is 2.63 bits per heavy atom. The molecule has 2 heterocycles. The van der Waals surface area contributed by atoms with E-state index in [4.69, 9.17) is 24.0 Å². The number of anilines is 1. The van der Waals surface area contributed by atoms with E-state index in [1.54, 1.807) is 40.8 Å². The van der Waals surface area contributed by atoms with Gasteiger partial charge in [0.1, 0.15) is 17.2 Å². The molecule has 2 aromatic heterocycles. The van der Waals surface area contributed by atoms with Crippen molar-refractivity contribution in [1.82, 2.24) is 9.38 Å². The Morgan fingerprint density at radius 2 is 1.93 bits per heavy atom. The number of pyridine rings is 1. The number of amides is 1. The Kier molecular flexibility index (Phi) is 6.06. The first-order chi connectivity index (χ1) is 14.4. The van der Waals surface area contributed by atoms with Crippen molar-refractivity contribution in [3.8, 4) is 0 Å². The molecule has 1 aliphatic carbocycles. The van der Waals surface area contributed by atoms with Gasteiger partial charge in [-0.2, -0.15) is 0 Å². The molecule has 4 rings (SSSR count). The molecule has 30 heavy (non-hydrogen) atoms. The lowest BCUT2D eigenvalue weighted by Gasteiger charge is -2.26. The van der Waals surface area contributed by atoms with Crippen molar-refractivity contribution in [2.24, 2.45) is 0 Å². The highest BCUT2D eigenvalue weighted by atomic mass is 35.5. The molecule has 156 valence electrons. The molecule has 0 bridgehead atoms. The second-order valence-electron chi connectivity index (χ2n) is 7.40. The molecular formula is C21H20ClF2N4OS+. The minimum atomic E-state index is -2.61. The quantitative estimate of drug-likeness (QED) is 0.542. The maximum absolute atomic E-state index is 13.0. The molecule has 0 saturated heterocycles. The first kappa shape index (κ1) is 20.8. The van der Waals surface area contributed by atoms with Crippen LogP contribution in [0.1, 0.15) is 48.2 Å². The Balaban J connectivity index is 1.40. The summed E-state index contributed by atoms with van der Waals surface area (Å²) in [7, 11) is 0. The van der Waals surface area contributed by atoms with E-state index < -0.39 is 6.43 Å². The number of imidazole rings is 1. The van der Waals surface area contributed by atoms with Gasteiger partial charge in [0.05, 0.1) is 5.56 Å². The van der Waals surface area contributed by atoms with Crippen LogP contribution < -0.4 is 5.32 Å². The number of benzene rings is 1. The third-order valence-corrected chi connectivity index (χ3v) is 6.09. The van der Waals surface area contributed by atoms with Crippen molar-refractivity contribution >= 4 is 41.4 Å². The largest absolute Gasteiger partial charge is 0.433 e. The van der Waals surface area contributed by atoms with E-state index in [9.17, 15) is 13.6 Å². The topological polar surface area (TPSA) is 49.4 Å². The number of fused-ring (bicyclic) bond motifs is 1. The summed E-state index contributed by atoms with van der Waals surface area (Å²) >= 11 is 11.4. The van der Waals surface area contributed by atoms with Gasteiger partial charge >= 0.3 is 5.91 Å². The van der Waals surface area contributed by atoms with Crippen molar-refractivity contribution in [3.05, 3.63) is 64.9 Å². The lowest BCUT2D eigenvalue weighted by molar-refractivity contribution is -0.448. The van der Waals surface area contributed by atoms with Crippen LogP contribution in [0.25, 0.3) is 5.65 Å². The van der Waals surface area contributed by atoms with Crippen molar-refractivity contribution in [1.29, 1.82) is 0 Å². The van der Waals surface area contributed by atoms with Gasteiger partial charge in [0, 0.05) is 30.1 Å². The molecule has 0 aliphatic heterocycles. The number of carbonyl (C=O) groups is 1. The first-order valence-corrected chi connectivity index (χ1v) is 10.5. The molecule has 9 heteroatoms. The van der Waals surface area contributed by atoms with Gasteiger partial charge in [-0.05, 0) is 43.2 Å². The molecular weight excluding hydrogens is 430 g/mol. The fourth-order valence-electron chi connectivity index (χ4n) is 3.83. The van der Waals surface area contributed by atoms with Crippen LogP contribution in [0.5, 0.6) is 0 Å². The lowest BCUT2D eigenvalue weighted by atomic mass is 9.91. The summed E-state index contributed by atoms with van der Waals surface area (Å²) in [5.41, 5.74) is 0.724. The summed E-state index contributed by atoms with van der Waals surface area (Å²) in [6.45, 7) is 0. The normalized spacial score (nSPS) is 19.2. The number of aromatic nitrogens is 2. The van der Waals surface area contributed by atoms with E-state index in [1.807, 2.05) is 6.07 Å². The van der Waals surface area contributed by atoms with Crippen LogP contribution in [-0.4, -0.2) is 31.3 Å². The third kappa shape index (κ3) is 4.34. The Bertz CT molecular complexity index is 1100. The maximum atomic E-state index is 13.0. The van der Waals surface area contributed by atoms with Gasteiger partial charge in [0.15, 0.2) is 6.04 Å². The van der Waals surface area contributed by atoms with E-state index in [0.717, 1.165) is 31.5 Å². The zero-order chi connectivity index (χ0) is 21.3. The van der Waals surface area contributed by atoms with Crippen LogP contribution in [0.3, 0.4) is 0 Å². The van der Waals surface area contributed by atoms with E-state index >= 15 is 0 Å². The number of nitrogens with zero attached hydrogens (tertiary/aromatic N) is 3. The van der Waals surface area contributed by atoms with Crippen molar-refractivity contribution in [3.63, 3.8) is 0 Å². The zero-order valence-electron chi connectivity index (χ0n) is 16.0. The summed E-state index contributed by atoms with van der Waals surface area (Å²) in [4.78, 5) is 16.6. The second-order valence-corrected chi connectivity index (χ2v) is 8.23. The highest BCUT2D eigenvalue weighted by Gasteiger charge is 2.34. The summed E-state index contributed by atoms with van der Waals surface area (Å²) in [6.07, 6.45) is 1.90. The molecule has 0 spiro atoms. The molecule has 1 aliphatic rings. The van der Waals surface area contributed by atoms with Gasteiger partial charge < -0.3 is 5.32 Å². The standard InChI is InChI=1S/C21H20ClF2N4OS/c22-14-4-1-3-13(11-14)21(29)28(30)16-9-7-15(8-10-16)25-18-5-2-6-19-26-17(20(23)24)12-27(18)19/h1-6,11-12,15-16,20,25H,7-10H2/q+1/t15-,16+. The number of halogens is 3. The van der Waals surface area contributed by atoms with Gasteiger partial charge in [-0.25, -0.2) is 18.6 Å². The highest BCUT2D eigenvalue weighted by Crippen LogP contribution is 2.27. The summed E-state index contributed by atoms with van der Waals surface area (Å²) in [5, 5.41) is 3.93. The smallest absolute Gasteiger partial charge is 0.368 e. The minimum absolute atomic E-state index is 0.0287. The molecule has 1 saturated carbocycles. The molecule has 5 nitrogen and oxygen atoms in total. The van der Waals surface area contributed by atoms with E-state index in [1.165, 1.54) is 10.1 Å². The summed E-state index contributed by atoms with van der Waals surface area (Å²) in [6, 6.07) is 12.2. The second kappa shape index (κ2) is 8.73. The van der Waals surface area contributed by atoms with Crippen molar-refractivity contribution < 1.29 is 17.5 Å². The highest BCUT2D eigenvalue weighted by molar-refractivity contribution is 7.44. The molecule has 3 aromatic rings. The zero-order valence-corrected chi connectivity index (χ0v) is 17.5. The van der Waals surface area contributed by atoms with Crippen LogP contribution >= 0.6 is 11.6 Å². The van der Waals surface area contributed by atoms with Gasteiger partial charge in [-0.3, -0.25) is 4.40 Å². The Morgan fingerprint density at radius 1 is 1.20 bits per heavy atom. The van der Waals surface area contributed by atoms with Gasteiger partial charge in [-0.15, -0.1) is 0 Å². The minimum Gasteiger partial charge on any atom is -0.368 e. The first-order valence-electron chi connectivity index (χ1n) is 9.71. The van der Waals surface area contributed by atoms with E-state index in [-0.39, 0.29) is 23.7 Å². The van der Waals surface area contributed by atoms with Gasteiger partial charge in [0.2, 0.25) is 0 Å². The van der Waals surface area contributed by atoms with E-state index in [0.29, 0.717) is 16.2 Å². The van der Waals surface area contributed by atoms with Crippen LogP contribution in [0.2, 0.25) is 5.02 Å². The monoisotopic (exact) mass is 449 g/mol. The van der Waals surface area contributed by atoms with Crippen molar-refractivity contribution in [2.75, 3.05) is 5.32 Å². The van der Waals surface area contributed by atoms with Crippen LogP contribution in [0, 0.1) is 0 Å². The van der Waals surface area contributed by atoms with E-state index in [2.05, 4.69) is 10.3 Å². The predicted molar refractivity (Wildman–Crippen MR) is 113 cm³/mol. The fourth-order valence-corrected chi connectivity index (χ4v) is 4.34. The molecule has 1 amide bonds. The molecule has 0 unspecified atom stereocenters. The molecule has 1 fully saturated rings. The van der Waals surface area contributed by atoms with Gasteiger partial charge in [0.25, 0.3) is 18.9 Å².